The van der Waals surface area contributed by atoms with Crippen LogP contribution in [0.15, 0.2) is 18.2 Å². The third kappa shape index (κ3) is 3.26. The van der Waals surface area contributed by atoms with E-state index in [4.69, 9.17) is 0 Å². The Hall–Kier alpha value is -1.84. The first-order valence-corrected chi connectivity index (χ1v) is 8.60. The molecule has 1 aromatic rings. The molecule has 2 amide bonds. The molecule has 1 unspecified atom stereocenters. The van der Waals surface area contributed by atoms with Gasteiger partial charge in [-0.25, -0.2) is 0 Å². The number of nitrogens with zero attached hydrogens (tertiary/aromatic N) is 1. The van der Waals surface area contributed by atoms with Crippen molar-refractivity contribution in [3.05, 3.63) is 29.3 Å². The molecule has 1 aliphatic carbocycles. The minimum atomic E-state index is -0.811. The summed E-state index contributed by atoms with van der Waals surface area (Å²) in [4.78, 5) is 27.5. The lowest BCUT2D eigenvalue weighted by Crippen LogP contribution is -2.46. The average molecular weight is 314 g/mol. The van der Waals surface area contributed by atoms with Crippen LogP contribution in [0.1, 0.15) is 43.7 Å². The lowest BCUT2D eigenvalue weighted by atomic mass is 9.96. The largest absolute Gasteiger partial charge is 0.342 e. The molecule has 2 fully saturated rings. The van der Waals surface area contributed by atoms with Gasteiger partial charge in [0.2, 0.25) is 11.8 Å². The van der Waals surface area contributed by atoms with Crippen LogP contribution < -0.4 is 5.32 Å². The normalized spacial score (nSPS) is 22.6. The molecule has 0 radical (unpaired) electrons. The Bertz CT molecular complexity index is 614. The third-order valence-corrected chi connectivity index (χ3v) is 5.02. The summed E-state index contributed by atoms with van der Waals surface area (Å²) < 4.78 is 0. The Kier molecular flexibility index (Phi) is 4.17. The molecular formula is C19H26N2O2. The molecule has 124 valence electrons. The monoisotopic (exact) mass is 314 g/mol. The number of hydrogen-bond donors (Lipinski definition) is 1. The van der Waals surface area contributed by atoms with Gasteiger partial charge < -0.3 is 10.2 Å². The van der Waals surface area contributed by atoms with E-state index in [2.05, 4.69) is 18.3 Å². The Balaban J connectivity index is 1.72. The number of likely N-dealkylation sites (tertiary alicyclic amines) is 1. The topological polar surface area (TPSA) is 49.4 Å². The van der Waals surface area contributed by atoms with Gasteiger partial charge >= 0.3 is 0 Å². The first kappa shape index (κ1) is 16.0. The molecule has 4 heteroatoms. The molecular weight excluding hydrogens is 288 g/mol. The van der Waals surface area contributed by atoms with Crippen molar-refractivity contribution in [1.29, 1.82) is 0 Å². The van der Waals surface area contributed by atoms with E-state index in [1.54, 1.807) is 0 Å². The van der Waals surface area contributed by atoms with Crippen molar-refractivity contribution < 1.29 is 9.59 Å². The fourth-order valence-corrected chi connectivity index (χ4v) is 3.64. The van der Waals surface area contributed by atoms with Gasteiger partial charge in [-0.1, -0.05) is 13.0 Å². The van der Waals surface area contributed by atoms with E-state index in [0.717, 1.165) is 36.3 Å². The van der Waals surface area contributed by atoms with Crippen LogP contribution in [-0.4, -0.2) is 29.8 Å². The number of piperidine rings is 1. The Morgan fingerprint density at radius 2 is 1.83 bits per heavy atom. The van der Waals surface area contributed by atoms with E-state index < -0.39 is 5.41 Å². The van der Waals surface area contributed by atoms with Gasteiger partial charge in [-0.2, -0.15) is 0 Å². The van der Waals surface area contributed by atoms with Crippen LogP contribution in [0.5, 0.6) is 0 Å². The zero-order valence-electron chi connectivity index (χ0n) is 14.3. The van der Waals surface area contributed by atoms with Crippen molar-refractivity contribution in [2.75, 3.05) is 18.4 Å². The van der Waals surface area contributed by atoms with Crippen LogP contribution in [-0.2, 0) is 9.59 Å². The van der Waals surface area contributed by atoms with Crippen molar-refractivity contribution in [3.8, 4) is 0 Å². The number of benzene rings is 1. The quantitative estimate of drug-likeness (QED) is 0.870. The summed E-state index contributed by atoms with van der Waals surface area (Å²) in [6.07, 6.45) is 3.56. The highest BCUT2D eigenvalue weighted by Gasteiger charge is 2.58. The number of hydrogen-bond acceptors (Lipinski definition) is 2. The maximum Gasteiger partial charge on any atom is 0.240 e. The second kappa shape index (κ2) is 5.99. The molecule has 1 aromatic carbocycles. The van der Waals surface area contributed by atoms with Crippen LogP contribution in [0.4, 0.5) is 5.69 Å². The summed E-state index contributed by atoms with van der Waals surface area (Å²) in [5, 5.41) is 2.97. The smallest absolute Gasteiger partial charge is 0.240 e. The Morgan fingerprint density at radius 3 is 2.39 bits per heavy atom. The molecule has 1 heterocycles. The molecule has 0 spiro atoms. The van der Waals surface area contributed by atoms with Crippen LogP contribution in [0, 0.1) is 25.2 Å². The number of rotatable bonds is 3. The van der Waals surface area contributed by atoms with Gasteiger partial charge in [0.1, 0.15) is 5.41 Å². The zero-order chi connectivity index (χ0) is 16.6. The first-order valence-electron chi connectivity index (χ1n) is 8.60. The van der Waals surface area contributed by atoms with Crippen LogP contribution in [0.2, 0.25) is 0 Å². The van der Waals surface area contributed by atoms with Crippen LogP contribution >= 0.6 is 0 Å². The Morgan fingerprint density at radius 1 is 1.17 bits per heavy atom. The number of carbonyl (C=O) groups excluding carboxylic acids is 2. The summed E-state index contributed by atoms with van der Waals surface area (Å²) in [5.41, 5.74) is 2.20. The maximum atomic E-state index is 12.9. The number of anilines is 1. The Labute approximate surface area is 138 Å². The van der Waals surface area contributed by atoms with Crippen molar-refractivity contribution in [1.82, 2.24) is 4.90 Å². The summed E-state index contributed by atoms with van der Waals surface area (Å²) in [5.74, 6) is 0.433. The van der Waals surface area contributed by atoms with Gasteiger partial charge in [-0.3, -0.25) is 9.59 Å². The van der Waals surface area contributed by atoms with Gasteiger partial charge in [-0.15, -0.1) is 0 Å². The molecule has 0 aromatic heterocycles. The highest BCUT2D eigenvalue weighted by molar-refractivity contribution is 6.13. The summed E-state index contributed by atoms with van der Waals surface area (Å²) in [6.45, 7) is 7.78. The van der Waals surface area contributed by atoms with E-state index in [0.29, 0.717) is 18.8 Å². The highest BCUT2D eigenvalue weighted by atomic mass is 16.2. The fraction of sp³-hybridized carbons (Fsp3) is 0.579. The van der Waals surface area contributed by atoms with Crippen molar-refractivity contribution in [3.63, 3.8) is 0 Å². The zero-order valence-corrected chi connectivity index (χ0v) is 14.3. The number of nitrogens with one attached hydrogen (secondary N) is 1. The molecule has 0 bridgehead atoms. The van der Waals surface area contributed by atoms with Gasteiger partial charge in [0.05, 0.1) is 0 Å². The number of carbonyl (C=O) groups is 2. The second-order valence-corrected chi connectivity index (χ2v) is 7.41. The van der Waals surface area contributed by atoms with E-state index in [9.17, 15) is 9.59 Å². The van der Waals surface area contributed by atoms with Crippen LogP contribution in [0.25, 0.3) is 0 Å². The predicted octanol–water partition coefficient (Wildman–Crippen LogP) is 3.28. The van der Waals surface area contributed by atoms with Crippen molar-refractivity contribution >= 4 is 17.5 Å². The summed E-state index contributed by atoms with van der Waals surface area (Å²) >= 11 is 0. The highest BCUT2D eigenvalue weighted by Crippen LogP contribution is 2.48. The van der Waals surface area contributed by atoms with E-state index in [1.807, 2.05) is 30.9 Å². The van der Waals surface area contributed by atoms with Gasteiger partial charge in [0, 0.05) is 18.8 Å². The first-order chi connectivity index (χ1) is 10.9. The lowest BCUT2D eigenvalue weighted by molar-refractivity contribution is -0.143. The molecule has 1 N–H and O–H groups in total. The fourth-order valence-electron chi connectivity index (χ4n) is 3.64. The van der Waals surface area contributed by atoms with E-state index in [-0.39, 0.29) is 11.8 Å². The standard InChI is InChI=1S/C19H26N2O2/c1-13-5-4-8-21(12-13)18(23)19(6-7-19)17(22)20-16-10-14(2)9-15(3)11-16/h9-11,13H,4-8,12H2,1-3H3,(H,20,22). The molecule has 3 rings (SSSR count). The van der Waals surface area contributed by atoms with Gasteiger partial charge in [0.15, 0.2) is 0 Å². The van der Waals surface area contributed by atoms with E-state index >= 15 is 0 Å². The van der Waals surface area contributed by atoms with E-state index in [1.165, 1.54) is 6.42 Å². The minimum absolute atomic E-state index is 0.0333. The van der Waals surface area contributed by atoms with Gasteiger partial charge in [-0.05, 0) is 68.7 Å². The van der Waals surface area contributed by atoms with Crippen molar-refractivity contribution in [2.24, 2.45) is 11.3 Å². The third-order valence-electron chi connectivity index (χ3n) is 5.02. The predicted molar refractivity (Wildman–Crippen MR) is 91.2 cm³/mol. The summed E-state index contributed by atoms with van der Waals surface area (Å²) in [7, 11) is 0. The lowest BCUT2D eigenvalue weighted by Gasteiger charge is -2.33. The van der Waals surface area contributed by atoms with Gasteiger partial charge in [0.25, 0.3) is 0 Å². The molecule has 23 heavy (non-hydrogen) atoms. The second-order valence-electron chi connectivity index (χ2n) is 7.41. The molecule has 2 aliphatic rings. The van der Waals surface area contributed by atoms with Crippen LogP contribution in [0.3, 0.4) is 0 Å². The maximum absolute atomic E-state index is 12.9. The molecule has 1 saturated heterocycles. The minimum Gasteiger partial charge on any atom is -0.342 e. The summed E-state index contributed by atoms with van der Waals surface area (Å²) in [6, 6.07) is 5.98. The molecule has 1 saturated carbocycles. The van der Waals surface area contributed by atoms with Crippen molar-refractivity contribution in [2.45, 2.75) is 46.5 Å². The molecule has 4 nitrogen and oxygen atoms in total. The number of aryl methyl sites for hydroxylation is 2. The number of amides is 2. The molecule has 1 atom stereocenters. The SMILES string of the molecule is Cc1cc(C)cc(NC(=O)C2(C(=O)N3CCCC(C)C3)CC2)c1. The molecule has 1 aliphatic heterocycles. The average Bonchev–Trinajstić information content (AvgIpc) is 3.27.